The van der Waals surface area contributed by atoms with Crippen molar-refractivity contribution in [2.75, 3.05) is 7.05 Å². The van der Waals surface area contributed by atoms with Crippen LogP contribution in [0.25, 0.3) is 0 Å². The van der Waals surface area contributed by atoms with Crippen LogP contribution in [0.5, 0.6) is 0 Å². The lowest BCUT2D eigenvalue weighted by molar-refractivity contribution is 0.522. The third-order valence-corrected chi connectivity index (χ3v) is 1.98. The molecule has 0 aromatic carbocycles. The van der Waals surface area contributed by atoms with Gasteiger partial charge >= 0.3 is 0 Å². The zero-order valence-corrected chi connectivity index (χ0v) is 8.35. The van der Waals surface area contributed by atoms with Crippen LogP contribution >= 0.6 is 0 Å². The molecular formula is C11H15NO. The monoisotopic (exact) mass is 177 g/mol. The zero-order valence-electron chi connectivity index (χ0n) is 8.35. The van der Waals surface area contributed by atoms with E-state index in [2.05, 4.69) is 17.2 Å². The maximum Gasteiger partial charge on any atom is 0.101 e. The van der Waals surface area contributed by atoms with Gasteiger partial charge in [0.2, 0.25) is 0 Å². The molecule has 0 fully saturated rings. The summed E-state index contributed by atoms with van der Waals surface area (Å²) in [6.07, 6.45) is 2.61. The van der Waals surface area contributed by atoms with Gasteiger partial charge in [-0.25, -0.2) is 0 Å². The zero-order chi connectivity index (χ0) is 9.68. The van der Waals surface area contributed by atoms with Crippen molar-refractivity contribution < 1.29 is 4.42 Å². The second-order valence-corrected chi connectivity index (χ2v) is 2.96. The summed E-state index contributed by atoms with van der Waals surface area (Å²) in [5.74, 6) is 6.89. The van der Waals surface area contributed by atoms with Gasteiger partial charge in [0, 0.05) is 18.0 Å². The normalized spacial score (nSPS) is 11.9. The first-order chi connectivity index (χ1) is 6.27. The molecule has 1 aromatic heterocycles. The Morgan fingerprint density at radius 2 is 2.38 bits per heavy atom. The average Bonchev–Trinajstić information content (AvgIpc) is 2.54. The van der Waals surface area contributed by atoms with Crippen molar-refractivity contribution in [1.82, 2.24) is 5.32 Å². The van der Waals surface area contributed by atoms with E-state index in [0.717, 1.165) is 12.2 Å². The molecule has 0 amide bonds. The summed E-state index contributed by atoms with van der Waals surface area (Å²) in [4.78, 5) is 0. The van der Waals surface area contributed by atoms with Gasteiger partial charge in [0.25, 0.3) is 0 Å². The van der Waals surface area contributed by atoms with Crippen molar-refractivity contribution in [3.63, 3.8) is 0 Å². The highest BCUT2D eigenvalue weighted by molar-refractivity contribution is 5.18. The minimum absolute atomic E-state index is 0.282. The van der Waals surface area contributed by atoms with Crippen molar-refractivity contribution in [3.05, 3.63) is 23.7 Å². The molecule has 1 unspecified atom stereocenters. The summed E-state index contributed by atoms with van der Waals surface area (Å²) in [5, 5.41) is 3.20. The van der Waals surface area contributed by atoms with Crippen molar-refractivity contribution in [3.8, 4) is 11.8 Å². The Labute approximate surface area is 79.3 Å². The number of aryl methyl sites for hydroxylation is 1. The van der Waals surface area contributed by atoms with Crippen LogP contribution in [-0.2, 0) is 0 Å². The lowest BCUT2D eigenvalue weighted by Crippen LogP contribution is -2.14. The van der Waals surface area contributed by atoms with Crippen LogP contribution in [0.4, 0.5) is 0 Å². The van der Waals surface area contributed by atoms with E-state index >= 15 is 0 Å². The predicted molar refractivity (Wildman–Crippen MR) is 53.3 cm³/mol. The lowest BCUT2D eigenvalue weighted by Gasteiger charge is -2.09. The Hall–Kier alpha value is -1.20. The molecule has 2 nitrogen and oxygen atoms in total. The Morgan fingerprint density at radius 3 is 2.85 bits per heavy atom. The second kappa shape index (κ2) is 4.74. The number of rotatable bonds is 3. The van der Waals surface area contributed by atoms with Crippen LogP contribution in [0.1, 0.15) is 30.7 Å². The lowest BCUT2D eigenvalue weighted by atomic mass is 10.1. The molecule has 1 heterocycles. The van der Waals surface area contributed by atoms with E-state index in [0.29, 0.717) is 0 Å². The third-order valence-electron chi connectivity index (χ3n) is 1.98. The molecule has 0 saturated carbocycles. The van der Waals surface area contributed by atoms with Crippen molar-refractivity contribution in [2.24, 2.45) is 0 Å². The summed E-state index contributed by atoms with van der Waals surface area (Å²) in [6.45, 7) is 3.80. The van der Waals surface area contributed by atoms with E-state index in [9.17, 15) is 0 Å². The molecule has 0 radical (unpaired) electrons. The van der Waals surface area contributed by atoms with E-state index in [1.165, 1.54) is 5.56 Å². The maximum atomic E-state index is 5.24. The second-order valence-electron chi connectivity index (χ2n) is 2.96. The summed E-state index contributed by atoms with van der Waals surface area (Å²) < 4.78 is 5.24. The molecular weight excluding hydrogens is 162 g/mol. The fourth-order valence-electron chi connectivity index (χ4n) is 1.24. The summed E-state index contributed by atoms with van der Waals surface area (Å²) in [5.41, 5.74) is 1.17. The van der Waals surface area contributed by atoms with E-state index in [1.54, 1.807) is 6.26 Å². The molecule has 0 bridgehead atoms. The molecule has 0 aliphatic heterocycles. The first kappa shape index (κ1) is 9.88. The van der Waals surface area contributed by atoms with E-state index < -0.39 is 0 Å². The Balaban J connectivity index is 2.70. The summed E-state index contributed by atoms with van der Waals surface area (Å²) in [7, 11) is 1.93. The number of hydrogen-bond donors (Lipinski definition) is 1. The number of nitrogens with one attached hydrogen (secondary N) is 1. The van der Waals surface area contributed by atoms with Gasteiger partial charge in [0.15, 0.2) is 0 Å². The van der Waals surface area contributed by atoms with E-state index in [4.69, 9.17) is 4.42 Å². The largest absolute Gasteiger partial charge is 0.469 e. The van der Waals surface area contributed by atoms with E-state index in [1.807, 2.05) is 27.0 Å². The highest BCUT2D eigenvalue weighted by Gasteiger charge is 2.09. The first-order valence-corrected chi connectivity index (χ1v) is 4.40. The molecule has 0 saturated heterocycles. The predicted octanol–water partition coefficient (Wildman–Crippen LogP) is 2.26. The SMILES string of the molecule is CC#CCC(NC)c1coc(C)c1. The fraction of sp³-hybridized carbons (Fsp3) is 0.455. The molecule has 13 heavy (non-hydrogen) atoms. The number of furan rings is 1. The van der Waals surface area contributed by atoms with Gasteiger partial charge in [0.05, 0.1) is 6.26 Å². The molecule has 70 valence electrons. The summed E-state index contributed by atoms with van der Waals surface area (Å²) >= 11 is 0. The van der Waals surface area contributed by atoms with Gasteiger partial charge in [-0.1, -0.05) is 0 Å². The molecule has 1 rings (SSSR count). The van der Waals surface area contributed by atoms with Crippen LogP contribution in [-0.4, -0.2) is 7.05 Å². The van der Waals surface area contributed by atoms with Crippen molar-refractivity contribution in [1.29, 1.82) is 0 Å². The molecule has 1 aromatic rings. The van der Waals surface area contributed by atoms with Crippen molar-refractivity contribution in [2.45, 2.75) is 26.3 Å². The molecule has 2 heteroatoms. The number of hydrogen-bond acceptors (Lipinski definition) is 2. The smallest absolute Gasteiger partial charge is 0.101 e. The van der Waals surface area contributed by atoms with Gasteiger partial charge < -0.3 is 9.73 Å². The fourth-order valence-corrected chi connectivity index (χ4v) is 1.24. The van der Waals surface area contributed by atoms with Gasteiger partial charge in [-0.15, -0.1) is 11.8 Å². The van der Waals surface area contributed by atoms with Crippen LogP contribution in [0.2, 0.25) is 0 Å². The highest BCUT2D eigenvalue weighted by atomic mass is 16.3. The standard InChI is InChI=1S/C11H15NO/c1-4-5-6-11(12-3)10-7-9(2)13-8-10/h7-8,11-12H,6H2,1-3H3. The molecule has 0 aliphatic carbocycles. The molecule has 0 aliphatic rings. The third kappa shape index (κ3) is 2.64. The van der Waals surface area contributed by atoms with Crippen LogP contribution in [0.3, 0.4) is 0 Å². The van der Waals surface area contributed by atoms with Gasteiger partial charge in [-0.05, 0) is 27.0 Å². The minimum Gasteiger partial charge on any atom is -0.469 e. The summed E-state index contributed by atoms with van der Waals surface area (Å²) in [6, 6.07) is 2.32. The van der Waals surface area contributed by atoms with Crippen LogP contribution < -0.4 is 5.32 Å². The minimum atomic E-state index is 0.282. The average molecular weight is 177 g/mol. The van der Waals surface area contributed by atoms with Crippen LogP contribution in [0, 0.1) is 18.8 Å². The topological polar surface area (TPSA) is 25.2 Å². The van der Waals surface area contributed by atoms with Gasteiger partial charge in [-0.2, -0.15) is 0 Å². The van der Waals surface area contributed by atoms with Gasteiger partial charge in [0.1, 0.15) is 5.76 Å². The van der Waals surface area contributed by atoms with Crippen LogP contribution in [0.15, 0.2) is 16.7 Å². The molecule has 1 N–H and O–H groups in total. The Bertz CT molecular complexity index is 316. The van der Waals surface area contributed by atoms with E-state index in [-0.39, 0.29) is 6.04 Å². The quantitative estimate of drug-likeness (QED) is 0.716. The Morgan fingerprint density at radius 1 is 1.62 bits per heavy atom. The van der Waals surface area contributed by atoms with Crippen molar-refractivity contribution >= 4 is 0 Å². The molecule has 1 atom stereocenters. The Kier molecular flexibility index (Phi) is 3.60. The maximum absolute atomic E-state index is 5.24. The van der Waals surface area contributed by atoms with Gasteiger partial charge in [-0.3, -0.25) is 0 Å². The highest BCUT2D eigenvalue weighted by Crippen LogP contribution is 2.18. The first-order valence-electron chi connectivity index (χ1n) is 4.40. The molecule has 0 spiro atoms.